The maximum atomic E-state index is 12.8. The van der Waals surface area contributed by atoms with Gasteiger partial charge in [0.15, 0.2) is 6.61 Å². The van der Waals surface area contributed by atoms with E-state index < -0.39 is 0 Å². The minimum absolute atomic E-state index is 0.0793. The molecule has 0 aromatic heterocycles. The second-order valence-electron chi connectivity index (χ2n) is 8.12. The van der Waals surface area contributed by atoms with Gasteiger partial charge in [-0.2, -0.15) is 0 Å². The van der Waals surface area contributed by atoms with Crippen LogP contribution in [0.25, 0.3) is 0 Å². The van der Waals surface area contributed by atoms with Crippen molar-refractivity contribution in [3.8, 4) is 0 Å². The predicted octanol–water partition coefficient (Wildman–Crippen LogP) is 4.46. The van der Waals surface area contributed by atoms with E-state index in [0.717, 1.165) is 36.0 Å². The highest BCUT2D eigenvalue weighted by atomic mass is 16.6. The summed E-state index contributed by atoms with van der Waals surface area (Å²) >= 11 is 0. The van der Waals surface area contributed by atoms with Crippen LogP contribution in [-0.2, 0) is 20.8 Å². The second-order valence-corrected chi connectivity index (χ2v) is 8.12. The monoisotopic (exact) mass is 436 g/mol. The Bertz CT molecular complexity index is 943. The van der Waals surface area contributed by atoms with Gasteiger partial charge in [-0.15, -0.1) is 0 Å². The van der Waals surface area contributed by atoms with Crippen LogP contribution in [0.3, 0.4) is 0 Å². The Kier molecular flexibility index (Phi) is 8.84. The summed E-state index contributed by atoms with van der Waals surface area (Å²) in [5.74, 6) is -0.398. The van der Waals surface area contributed by atoms with Crippen LogP contribution in [0.1, 0.15) is 52.7 Å². The lowest BCUT2D eigenvalue weighted by Gasteiger charge is -2.22. The summed E-state index contributed by atoms with van der Waals surface area (Å²) in [5.41, 5.74) is 4.03. The van der Waals surface area contributed by atoms with Gasteiger partial charge in [-0.25, -0.2) is 4.79 Å². The van der Waals surface area contributed by atoms with Crippen molar-refractivity contribution in [2.45, 2.75) is 46.0 Å². The summed E-state index contributed by atoms with van der Waals surface area (Å²) in [6, 6.07) is 3.97. The minimum Gasteiger partial charge on any atom is -0.462 e. The predicted molar refractivity (Wildman–Crippen MR) is 126 cm³/mol. The van der Waals surface area contributed by atoms with Crippen LogP contribution in [-0.4, -0.2) is 48.8 Å². The lowest BCUT2D eigenvalue weighted by Crippen LogP contribution is -2.36. The molecule has 0 spiro atoms. The van der Waals surface area contributed by atoms with Gasteiger partial charge in [0.1, 0.15) is 0 Å². The maximum absolute atomic E-state index is 12.8. The zero-order valence-corrected chi connectivity index (χ0v) is 19.0. The van der Waals surface area contributed by atoms with E-state index in [1.807, 2.05) is 44.2 Å². The van der Waals surface area contributed by atoms with Crippen molar-refractivity contribution in [2.24, 2.45) is 5.16 Å². The third-order valence-corrected chi connectivity index (χ3v) is 5.41. The average molecular weight is 437 g/mol. The Morgan fingerprint density at radius 1 is 1.06 bits per heavy atom. The summed E-state index contributed by atoms with van der Waals surface area (Å²) in [7, 11) is 0. The van der Waals surface area contributed by atoms with Crippen molar-refractivity contribution in [3.63, 3.8) is 0 Å². The van der Waals surface area contributed by atoms with Crippen molar-refractivity contribution in [2.75, 3.05) is 26.3 Å². The third kappa shape index (κ3) is 6.94. The number of hydrogen-bond donors (Lipinski definition) is 0. The van der Waals surface area contributed by atoms with Gasteiger partial charge in [-0.05, 0) is 56.7 Å². The molecule has 170 valence electrons. The topological polar surface area (TPSA) is 68.2 Å². The lowest BCUT2D eigenvalue weighted by atomic mass is 9.95. The van der Waals surface area contributed by atoms with Gasteiger partial charge in [0.05, 0.1) is 17.9 Å². The molecule has 2 aliphatic rings. The van der Waals surface area contributed by atoms with E-state index in [9.17, 15) is 9.59 Å². The molecule has 3 rings (SSSR count). The molecule has 1 amide bonds. The van der Waals surface area contributed by atoms with Crippen LogP contribution in [0.2, 0.25) is 0 Å². The Morgan fingerprint density at radius 2 is 1.84 bits per heavy atom. The van der Waals surface area contributed by atoms with Gasteiger partial charge in [0, 0.05) is 19.5 Å². The SMILES string of the molecule is Cc1cc(C)c2c(c1)CC(=N/OCC(=O)N1CC=CCC1)/C=C/CC/C=C/CCOC2=O. The number of aryl methyl sites for hydroxylation is 2. The lowest BCUT2D eigenvalue weighted by molar-refractivity contribution is -0.135. The number of carbonyl (C=O) groups excluding carboxylic acids is 2. The number of carbonyl (C=O) groups is 2. The Balaban J connectivity index is 1.81. The number of ether oxygens (including phenoxy) is 1. The molecule has 2 aliphatic heterocycles. The number of benzene rings is 1. The van der Waals surface area contributed by atoms with Crippen LogP contribution >= 0.6 is 0 Å². The molecule has 2 heterocycles. The fraction of sp³-hybridized carbons (Fsp3) is 0.423. The summed E-state index contributed by atoms with van der Waals surface area (Å²) in [4.78, 5) is 32.4. The first kappa shape index (κ1) is 23.5. The Morgan fingerprint density at radius 3 is 2.66 bits per heavy atom. The quantitative estimate of drug-likeness (QED) is 0.399. The number of fused-ring (bicyclic) bond motifs is 1. The molecule has 0 fully saturated rings. The second kappa shape index (κ2) is 12.0. The number of hydrogen-bond acceptors (Lipinski definition) is 5. The number of rotatable bonds is 3. The van der Waals surface area contributed by atoms with E-state index >= 15 is 0 Å². The maximum Gasteiger partial charge on any atom is 0.338 e. The van der Waals surface area contributed by atoms with E-state index in [0.29, 0.717) is 43.8 Å². The molecule has 0 unspecified atom stereocenters. The summed E-state index contributed by atoms with van der Waals surface area (Å²) in [5, 5.41) is 4.27. The smallest absolute Gasteiger partial charge is 0.338 e. The molecule has 0 atom stereocenters. The summed E-state index contributed by atoms with van der Waals surface area (Å²) in [6.07, 6.45) is 15.9. The summed E-state index contributed by atoms with van der Waals surface area (Å²) < 4.78 is 5.51. The Hall–Kier alpha value is -3.15. The van der Waals surface area contributed by atoms with E-state index in [-0.39, 0.29) is 18.5 Å². The van der Waals surface area contributed by atoms with Crippen molar-refractivity contribution >= 4 is 17.6 Å². The fourth-order valence-corrected chi connectivity index (χ4v) is 3.87. The number of allylic oxidation sites excluding steroid dienone is 3. The first-order valence-corrected chi connectivity index (χ1v) is 11.2. The van der Waals surface area contributed by atoms with Gasteiger partial charge in [0.2, 0.25) is 0 Å². The van der Waals surface area contributed by atoms with Crippen molar-refractivity contribution in [1.29, 1.82) is 0 Å². The Labute approximate surface area is 190 Å². The zero-order valence-electron chi connectivity index (χ0n) is 19.0. The normalized spacial score (nSPS) is 20.8. The molecule has 6 heteroatoms. The average Bonchev–Trinajstić information content (AvgIpc) is 2.77. The van der Waals surface area contributed by atoms with Crippen molar-refractivity contribution in [1.82, 2.24) is 4.90 Å². The van der Waals surface area contributed by atoms with Crippen molar-refractivity contribution < 1.29 is 19.2 Å². The molecule has 6 nitrogen and oxygen atoms in total. The standard InChI is InChI=1S/C26H32N2O4/c1-20-16-21(2)25-22(17-20)18-23(12-8-5-3-4-6-11-15-31-26(25)30)27-32-19-24(29)28-13-9-7-10-14-28/h4,6-9,12,16-17H,3,5,10-11,13-15,18-19H2,1-2H3/b6-4+,12-8+,27-23+. The van der Waals surface area contributed by atoms with Crippen molar-refractivity contribution in [3.05, 3.63) is 70.8 Å². The first-order valence-electron chi connectivity index (χ1n) is 11.2. The van der Waals surface area contributed by atoms with Gasteiger partial charge in [-0.1, -0.05) is 53.2 Å². The molecular formula is C26H32N2O4. The number of oxime groups is 1. The molecule has 0 radical (unpaired) electrons. The summed E-state index contributed by atoms with van der Waals surface area (Å²) in [6.45, 7) is 5.50. The highest BCUT2D eigenvalue weighted by Gasteiger charge is 2.18. The molecule has 0 bridgehead atoms. The van der Waals surface area contributed by atoms with E-state index in [1.165, 1.54) is 0 Å². The van der Waals surface area contributed by atoms with Gasteiger partial charge in [-0.3, -0.25) is 4.79 Å². The molecule has 0 saturated carbocycles. The number of cyclic esters (lactones) is 1. The first-order chi connectivity index (χ1) is 15.5. The molecular weight excluding hydrogens is 404 g/mol. The van der Waals surface area contributed by atoms with Gasteiger partial charge >= 0.3 is 5.97 Å². The molecule has 32 heavy (non-hydrogen) atoms. The van der Waals surface area contributed by atoms with Crippen LogP contribution in [0.15, 0.2) is 53.7 Å². The minimum atomic E-state index is -0.319. The number of nitrogens with zero attached hydrogens (tertiary/aromatic N) is 2. The zero-order chi connectivity index (χ0) is 22.8. The van der Waals surface area contributed by atoms with E-state index in [2.05, 4.69) is 23.4 Å². The third-order valence-electron chi connectivity index (χ3n) is 5.41. The van der Waals surface area contributed by atoms with Crippen LogP contribution in [0, 0.1) is 13.8 Å². The van der Waals surface area contributed by atoms with Gasteiger partial charge < -0.3 is 14.5 Å². The highest BCUT2D eigenvalue weighted by molar-refractivity contribution is 6.00. The molecule has 1 aromatic rings. The number of amides is 1. The largest absolute Gasteiger partial charge is 0.462 e. The van der Waals surface area contributed by atoms with Gasteiger partial charge in [0.25, 0.3) is 5.91 Å². The fourth-order valence-electron chi connectivity index (χ4n) is 3.87. The molecule has 0 N–H and O–H groups in total. The molecule has 1 aromatic carbocycles. The molecule has 0 aliphatic carbocycles. The number of esters is 1. The van der Waals surface area contributed by atoms with E-state index in [4.69, 9.17) is 9.57 Å². The van der Waals surface area contributed by atoms with Crippen LogP contribution < -0.4 is 0 Å². The van der Waals surface area contributed by atoms with Crippen LogP contribution in [0.4, 0.5) is 0 Å². The van der Waals surface area contributed by atoms with E-state index in [1.54, 1.807) is 4.90 Å². The van der Waals surface area contributed by atoms with Crippen LogP contribution in [0.5, 0.6) is 0 Å². The molecule has 0 saturated heterocycles. The highest BCUT2D eigenvalue weighted by Crippen LogP contribution is 2.20.